The molecule has 0 heterocycles. The summed E-state index contributed by atoms with van der Waals surface area (Å²) in [4.78, 5) is 12.2. The summed E-state index contributed by atoms with van der Waals surface area (Å²) in [6.45, 7) is 1.03. The number of hydrogen-bond acceptors (Lipinski definition) is 5. The number of sulfonamides is 1. The van der Waals surface area contributed by atoms with E-state index in [2.05, 4.69) is 10.0 Å². The molecule has 0 saturated carbocycles. The van der Waals surface area contributed by atoms with Crippen molar-refractivity contribution in [2.75, 3.05) is 19.3 Å². The molecule has 0 aliphatic rings. The normalized spacial score (nSPS) is 12.4. The first-order valence-corrected chi connectivity index (χ1v) is 10.5. The van der Waals surface area contributed by atoms with Gasteiger partial charge in [-0.1, -0.05) is 42.5 Å². The van der Waals surface area contributed by atoms with Gasteiger partial charge < -0.3 is 15.8 Å². The molecule has 27 heavy (non-hydrogen) atoms. The lowest BCUT2D eigenvalue weighted by Crippen LogP contribution is -2.48. The van der Waals surface area contributed by atoms with E-state index in [0.717, 1.165) is 17.4 Å². The Morgan fingerprint density at radius 2 is 1.74 bits per heavy atom. The average Bonchev–Trinajstić information content (AvgIpc) is 2.65. The molecule has 2 aromatic rings. The number of carbonyl (C=O) groups excluding carboxylic acids is 1. The topological polar surface area (TPSA) is 111 Å². The Morgan fingerprint density at radius 3 is 2.33 bits per heavy atom. The Morgan fingerprint density at radius 1 is 1.07 bits per heavy atom. The van der Waals surface area contributed by atoms with Crippen LogP contribution in [0.1, 0.15) is 11.1 Å². The molecular formula is C19H25N3O4S. The number of nitrogens with two attached hydrogens (primary N) is 1. The van der Waals surface area contributed by atoms with Gasteiger partial charge in [0.2, 0.25) is 15.9 Å². The van der Waals surface area contributed by atoms with Gasteiger partial charge in [0.1, 0.15) is 18.4 Å². The molecule has 0 radical (unpaired) electrons. The van der Waals surface area contributed by atoms with Crippen LogP contribution in [0.5, 0.6) is 5.75 Å². The van der Waals surface area contributed by atoms with E-state index in [0.29, 0.717) is 12.4 Å². The van der Waals surface area contributed by atoms with Crippen LogP contribution in [0, 0.1) is 0 Å². The van der Waals surface area contributed by atoms with Gasteiger partial charge in [-0.25, -0.2) is 13.1 Å². The van der Waals surface area contributed by atoms with Crippen molar-refractivity contribution >= 4 is 15.9 Å². The van der Waals surface area contributed by atoms with Gasteiger partial charge in [0.15, 0.2) is 0 Å². The number of hydrogen-bond donors (Lipinski definition) is 3. The predicted molar refractivity (Wildman–Crippen MR) is 105 cm³/mol. The van der Waals surface area contributed by atoms with E-state index in [1.165, 1.54) is 0 Å². The maximum atomic E-state index is 12.2. The van der Waals surface area contributed by atoms with Gasteiger partial charge in [0.25, 0.3) is 0 Å². The molecule has 2 aromatic carbocycles. The maximum absolute atomic E-state index is 12.2. The van der Waals surface area contributed by atoms with Crippen LogP contribution >= 0.6 is 0 Å². The van der Waals surface area contributed by atoms with Crippen molar-refractivity contribution in [1.82, 2.24) is 10.0 Å². The smallest absolute Gasteiger partial charge is 0.238 e. The van der Waals surface area contributed by atoms with Crippen molar-refractivity contribution in [2.45, 2.75) is 19.1 Å². The average molecular weight is 391 g/mol. The van der Waals surface area contributed by atoms with Crippen molar-refractivity contribution in [3.8, 4) is 5.75 Å². The number of carbonyl (C=O) groups is 1. The molecule has 0 fully saturated rings. The van der Waals surface area contributed by atoms with E-state index in [9.17, 15) is 13.2 Å². The first-order valence-electron chi connectivity index (χ1n) is 8.58. The van der Waals surface area contributed by atoms with Crippen molar-refractivity contribution in [1.29, 1.82) is 0 Å². The van der Waals surface area contributed by atoms with Gasteiger partial charge in [-0.05, 0) is 29.7 Å². The molecule has 2 rings (SSSR count). The Hall–Kier alpha value is -2.42. The van der Waals surface area contributed by atoms with E-state index in [1.54, 1.807) is 12.1 Å². The Bertz CT molecular complexity index is 824. The van der Waals surface area contributed by atoms with Gasteiger partial charge in [-0.15, -0.1) is 0 Å². The summed E-state index contributed by atoms with van der Waals surface area (Å²) < 4.78 is 31.2. The Labute approximate surface area is 160 Å². The second-order valence-electron chi connectivity index (χ2n) is 6.14. The molecular weight excluding hydrogens is 366 g/mol. The third kappa shape index (κ3) is 7.78. The number of nitrogens with one attached hydrogen (secondary N) is 2. The number of benzene rings is 2. The van der Waals surface area contributed by atoms with Crippen LogP contribution in [-0.2, 0) is 27.8 Å². The molecule has 0 aliphatic carbocycles. The molecule has 0 aliphatic heterocycles. The van der Waals surface area contributed by atoms with Crippen molar-refractivity contribution in [3.05, 3.63) is 65.7 Å². The van der Waals surface area contributed by atoms with Crippen LogP contribution in [0.2, 0.25) is 0 Å². The van der Waals surface area contributed by atoms with Gasteiger partial charge in [-0.3, -0.25) is 4.79 Å². The molecule has 0 aromatic heterocycles. The van der Waals surface area contributed by atoms with E-state index in [-0.39, 0.29) is 19.5 Å². The number of rotatable bonds is 10. The van der Waals surface area contributed by atoms with Crippen molar-refractivity contribution in [3.63, 3.8) is 0 Å². The monoisotopic (exact) mass is 391 g/mol. The SMILES string of the molecule is CS(=O)(=O)NC(Cc1ccc(OCc2ccccc2)cc1)C(=O)NCCN. The Balaban J connectivity index is 1.99. The summed E-state index contributed by atoms with van der Waals surface area (Å²) in [6.07, 6.45) is 1.25. The zero-order valence-electron chi connectivity index (χ0n) is 15.2. The lowest BCUT2D eigenvalue weighted by Gasteiger charge is -2.17. The third-order valence-electron chi connectivity index (χ3n) is 3.73. The number of amides is 1. The lowest BCUT2D eigenvalue weighted by molar-refractivity contribution is -0.122. The lowest BCUT2D eigenvalue weighted by atomic mass is 10.1. The molecule has 0 spiro atoms. The van der Waals surface area contributed by atoms with Crippen LogP contribution in [0.3, 0.4) is 0 Å². The van der Waals surface area contributed by atoms with Gasteiger partial charge in [0.05, 0.1) is 6.26 Å². The highest BCUT2D eigenvalue weighted by Gasteiger charge is 2.22. The molecule has 7 nitrogen and oxygen atoms in total. The minimum atomic E-state index is -3.53. The second kappa shape index (κ2) is 10.1. The van der Waals surface area contributed by atoms with Crippen LogP contribution in [0.15, 0.2) is 54.6 Å². The van der Waals surface area contributed by atoms with Gasteiger partial charge >= 0.3 is 0 Å². The quantitative estimate of drug-likeness (QED) is 0.555. The summed E-state index contributed by atoms with van der Waals surface area (Å²) in [6, 6.07) is 16.1. The fourth-order valence-electron chi connectivity index (χ4n) is 2.46. The predicted octanol–water partition coefficient (Wildman–Crippen LogP) is 0.801. The molecule has 4 N–H and O–H groups in total. The minimum absolute atomic E-state index is 0.225. The third-order valence-corrected chi connectivity index (χ3v) is 4.44. The zero-order chi connectivity index (χ0) is 19.7. The van der Waals surface area contributed by atoms with Crippen LogP contribution in [-0.4, -0.2) is 39.7 Å². The summed E-state index contributed by atoms with van der Waals surface area (Å²) in [5.74, 6) is 0.290. The highest BCUT2D eigenvalue weighted by Crippen LogP contribution is 2.15. The fourth-order valence-corrected chi connectivity index (χ4v) is 3.17. The highest BCUT2D eigenvalue weighted by atomic mass is 32.2. The molecule has 0 bridgehead atoms. The first kappa shape index (κ1) is 20.9. The fraction of sp³-hybridized carbons (Fsp3) is 0.316. The molecule has 1 unspecified atom stereocenters. The van der Waals surface area contributed by atoms with Crippen molar-refractivity contribution in [2.24, 2.45) is 5.73 Å². The highest BCUT2D eigenvalue weighted by molar-refractivity contribution is 7.88. The zero-order valence-corrected chi connectivity index (χ0v) is 16.0. The minimum Gasteiger partial charge on any atom is -0.489 e. The summed E-state index contributed by atoms with van der Waals surface area (Å²) in [5.41, 5.74) is 7.25. The molecule has 1 amide bonds. The molecule has 146 valence electrons. The number of ether oxygens (including phenoxy) is 1. The second-order valence-corrected chi connectivity index (χ2v) is 7.92. The van der Waals surface area contributed by atoms with Crippen molar-refractivity contribution < 1.29 is 17.9 Å². The van der Waals surface area contributed by atoms with E-state index >= 15 is 0 Å². The molecule has 8 heteroatoms. The molecule has 0 saturated heterocycles. The largest absolute Gasteiger partial charge is 0.489 e. The summed E-state index contributed by atoms with van der Waals surface area (Å²) >= 11 is 0. The van der Waals surface area contributed by atoms with Crippen LogP contribution in [0.4, 0.5) is 0 Å². The first-order chi connectivity index (χ1) is 12.9. The van der Waals surface area contributed by atoms with E-state index in [1.807, 2.05) is 42.5 Å². The molecule has 1 atom stereocenters. The van der Waals surface area contributed by atoms with Crippen LogP contribution < -0.4 is 20.5 Å². The summed E-state index contributed by atoms with van der Waals surface area (Å²) in [5, 5.41) is 2.61. The van der Waals surface area contributed by atoms with E-state index in [4.69, 9.17) is 10.5 Å². The standard InChI is InChI=1S/C19H25N3O4S/c1-27(24,25)22-18(19(23)21-12-11-20)13-15-7-9-17(10-8-15)26-14-16-5-3-2-4-6-16/h2-10,18,22H,11-14,20H2,1H3,(H,21,23). The van der Waals surface area contributed by atoms with E-state index < -0.39 is 22.0 Å². The van der Waals surface area contributed by atoms with Crippen LogP contribution in [0.25, 0.3) is 0 Å². The van der Waals surface area contributed by atoms with Gasteiger partial charge in [0, 0.05) is 13.1 Å². The maximum Gasteiger partial charge on any atom is 0.238 e. The Kier molecular flexibility index (Phi) is 7.78. The summed E-state index contributed by atoms with van der Waals surface area (Å²) in [7, 11) is -3.53. The van der Waals surface area contributed by atoms with Gasteiger partial charge in [-0.2, -0.15) is 0 Å².